The van der Waals surface area contributed by atoms with E-state index < -0.39 is 0 Å². The molecule has 0 amide bonds. The Morgan fingerprint density at radius 3 is 1.22 bits per heavy atom. The maximum Gasteiger partial charge on any atom is 0.195 e. The number of rotatable bonds is 4. The first-order chi connectivity index (χ1) is 17.7. The molecule has 0 spiro atoms. The molecule has 7 rings (SSSR count). The maximum atomic E-state index is 14.1. The molecular weight excluding hydrogens is 444 g/mol. The molecule has 7 aromatic rings. The topological polar surface area (TPSA) is 65.7 Å². The third-order valence-electron chi connectivity index (χ3n) is 6.94. The summed E-state index contributed by atoms with van der Waals surface area (Å²) in [4.78, 5) is 35.3. The van der Waals surface area contributed by atoms with Crippen LogP contribution in [0.15, 0.2) is 109 Å². The van der Waals surface area contributed by atoms with E-state index in [1.807, 2.05) is 109 Å². The van der Waals surface area contributed by atoms with E-state index in [1.165, 1.54) is 0 Å². The van der Waals surface area contributed by atoms with Crippen LogP contribution in [0.4, 0.5) is 0 Å². The van der Waals surface area contributed by atoms with E-state index in [2.05, 4.69) is 9.97 Å². The first-order valence-electron chi connectivity index (χ1n) is 11.9. The third kappa shape index (κ3) is 2.88. The number of hydrogen-bond acceptors (Lipinski definition) is 2. The number of benzene rings is 5. The van der Waals surface area contributed by atoms with Crippen molar-refractivity contribution in [2.45, 2.75) is 0 Å². The Morgan fingerprint density at radius 2 is 0.806 bits per heavy atom. The molecule has 2 heterocycles. The van der Waals surface area contributed by atoms with Crippen LogP contribution in [-0.4, -0.2) is 21.5 Å². The molecule has 0 aliphatic rings. The number of nitrogens with one attached hydrogen (secondary N) is 2. The molecule has 2 aromatic heterocycles. The predicted octanol–water partition coefficient (Wildman–Crippen LogP) is 7.42. The van der Waals surface area contributed by atoms with Crippen LogP contribution in [-0.2, 0) is 0 Å². The third-order valence-corrected chi connectivity index (χ3v) is 6.94. The molecule has 0 bridgehead atoms. The van der Waals surface area contributed by atoms with Gasteiger partial charge in [0.1, 0.15) is 0 Å². The fourth-order valence-electron chi connectivity index (χ4n) is 5.35. The molecule has 0 aliphatic carbocycles. The highest BCUT2D eigenvalue weighted by molar-refractivity contribution is 6.37. The molecule has 0 atom stereocenters. The van der Waals surface area contributed by atoms with Gasteiger partial charge in [0, 0.05) is 43.7 Å². The molecule has 4 heteroatoms. The zero-order valence-corrected chi connectivity index (χ0v) is 19.2. The van der Waals surface area contributed by atoms with E-state index in [0.29, 0.717) is 33.3 Å². The second-order valence-electron chi connectivity index (χ2n) is 8.98. The predicted molar refractivity (Wildman–Crippen MR) is 145 cm³/mol. The Bertz CT molecular complexity index is 1820. The lowest BCUT2D eigenvalue weighted by atomic mass is 9.89. The molecular formula is C32H20N2O2. The van der Waals surface area contributed by atoms with Gasteiger partial charge in [-0.2, -0.15) is 0 Å². The largest absolute Gasteiger partial charge is 0.354 e. The normalized spacial score (nSPS) is 11.6. The van der Waals surface area contributed by atoms with Crippen molar-refractivity contribution >= 4 is 55.2 Å². The molecule has 0 saturated heterocycles. The minimum atomic E-state index is -0.0828. The van der Waals surface area contributed by atoms with E-state index in [9.17, 15) is 9.59 Å². The molecule has 0 aliphatic heterocycles. The first-order valence-corrected chi connectivity index (χ1v) is 11.9. The van der Waals surface area contributed by atoms with Gasteiger partial charge >= 0.3 is 0 Å². The van der Waals surface area contributed by atoms with Crippen LogP contribution in [0.25, 0.3) is 43.6 Å². The van der Waals surface area contributed by atoms with E-state index in [1.54, 1.807) is 0 Å². The highest BCUT2D eigenvalue weighted by Gasteiger charge is 2.28. The summed E-state index contributed by atoms with van der Waals surface area (Å²) in [6.07, 6.45) is 0. The summed E-state index contributed by atoms with van der Waals surface area (Å²) in [5.74, 6) is -0.166. The average molecular weight is 465 g/mol. The second-order valence-corrected chi connectivity index (χ2v) is 8.98. The van der Waals surface area contributed by atoms with E-state index in [0.717, 1.165) is 32.6 Å². The number of aromatic nitrogens is 2. The van der Waals surface area contributed by atoms with Gasteiger partial charge in [0.25, 0.3) is 0 Å². The fraction of sp³-hybridized carbons (Fsp3) is 0. The maximum absolute atomic E-state index is 14.1. The Labute approximate surface area is 206 Å². The Kier molecular flexibility index (Phi) is 4.42. The van der Waals surface area contributed by atoms with Crippen molar-refractivity contribution in [1.82, 2.24) is 9.97 Å². The van der Waals surface area contributed by atoms with Crippen molar-refractivity contribution in [3.05, 3.63) is 131 Å². The van der Waals surface area contributed by atoms with E-state index in [-0.39, 0.29) is 11.6 Å². The Balaban J connectivity index is 1.73. The summed E-state index contributed by atoms with van der Waals surface area (Å²) >= 11 is 0. The van der Waals surface area contributed by atoms with Gasteiger partial charge in [0.15, 0.2) is 11.6 Å². The van der Waals surface area contributed by atoms with Crippen molar-refractivity contribution in [1.29, 1.82) is 0 Å². The number of carbonyl (C=O) groups excluding carboxylic acids is 2. The molecule has 0 unspecified atom stereocenters. The van der Waals surface area contributed by atoms with E-state index in [4.69, 9.17) is 0 Å². The summed E-state index contributed by atoms with van der Waals surface area (Å²) in [7, 11) is 0. The highest BCUT2D eigenvalue weighted by Crippen LogP contribution is 2.42. The lowest BCUT2D eigenvalue weighted by Crippen LogP contribution is -2.08. The number of aromatic amines is 2. The molecule has 0 fully saturated rings. The van der Waals surface area contributed by atoms with Crippen molar-refractivity contribution in [2.24, 2.45) is 0 Å². The summed E-state index contributed by atoms with van der Waals surface area (Å²) in [5.41, 5.74) is 5.48. The number of fused-ring (bicyclic) bond motifs is 6. The summed E-state index contributed by atoms with van der Waals surface area (Å²) in [6.45, 7) is 0. The van der Waals surface area contributed by atoms with Gasteiger partial charge in [0.05, 0.1) is 22.2 Å². The quantitative estimate of drug-likeness (QED) is 0.266. The lowest BCUT2D eigenvalue weighted by molar-refractivity contribution is 0.103. The summed E-state index contributed by atoms with van der Waals surface area (Å²) in [5, 5.41) is 3.35. The van der Waals surface area contributed by atoms with Gasteiger partial charge < -0.3 is 9.97 Å². The standard InChI is InChI=1S/C32H20N2O2/c35-31(19-11-3-1-4-12-19)27-25-21-15-7-9-17-23(21)34-30(25)28(32(36)20-13-5-2-6-14-20)26-22-16-8-10-18-24(22)33-29(26)27/h1-18,33-34H. The number of hydrogen-bond donors (Lipinski definition) is 2. The van der Waals surface area contributed by atoms with Crippen LogP contribution in [0.5, 0.6) is 0 Å². The summed E-state index contributed by atoms with van der Waals surface area (Å²) < 4.78 is 0. The van der Waals surface area contributed by atoms with Crippen LogP contribution in [0, 0.1) is 0 Å². The number of ketones is 2. The van der Waals surface area contributed by atoms with Gasteiger partial charge in [-0.1, -0.05) is 97.1 Å². The minimum Gasteiger partial charge on any atom is -0.354 e. The van der Waals surface area contributed by atoms with Gasteiger partial charge in [-0.15, -0.1) is 0 Å². The Hall–Kier alpha value is -4.96. The smallest absolute Gasteiger partial charge is 0.195 e. The van der Waals surface area contributed by atoms with Crippen LogP contribution >= 0.6 is 0 Å². The number of para-hydroxylation sites is 2. The molecule has 5 aromatic carbocycles. The van der Waals surface area contributed by atoms with Crippen molar-refractivity contribution in [3.63, 3.8) is 0 Å². The van der Waals surface area contributed by atoms with Gasteiger partial charge in [-0.05, 0) is 12.1 Å². The monoisotopic (exact) mass is 464 g/mol. The molecule has 0 radical (unpaired) electrons. The number of H-pyrrole nitrogens is 2. The van der Waals surface area contributed by atoms with Gasteiger partial charge in [-0.3, -0.25) is 9.59 Å². The molecule has 2 N–H and O–H groups in total. The Morgan fingerprint density at radius 1 is 0.444 bits per heavy atom. The first kappa shape index (κ1) is 20.4. The minimum absolute atomic E-state index is 0.0828. The van der Waals surface area contributed by atoms with Crippen LogP contribution in [0.1, 0.15) is 31.8 Å². The van der Waals surface area contributed by atoms with E-state index >= 15 is 0 Å². The van der Waals surface area contributed by atoms with Crippen molar-refractivity contribution in [2.75, 3.05) is 0 Å². The SMILES string of the molecule is O=C(c1ccccc1)c1c2[nH]c3ccccc3c2c(C(=O)c2ccccc2)c2[nH]c3ccccc3c12. The van der Waals surface area contributed by atoms with Gasteiger partial charge in [-0.25, -0.2) is 0 Å². The van der Waals surface area contributed by atoms with Crippen LogP contribution in [0.2, 0.25) is 0 Å². The van der Waals surface area contributed by atoms with Crippen molar-refractivity contribution in [3.8, 4) is 0 Å². The second kappa shape index (κ2) is 7.79. The fourth-order valence-corrected chi connectivity index (χ4v) is 5.35. The average Bonchev–Trinajstić information content (AvgIpc) is 3.51. The van der Waals surface area contributed by atoms with Crippen LogP contribution in [0.3, 0.4) is 0 Å². The summed E-state index contributed by atoms with van der Waals surface area (Å²) in [6, 6.07) is 34.4. The molecule has 36 heavy (non-hydrogen) atoms. The zero-order chi connectivity index (χ0) is 24.2. The van der Waals surface area contributed by atoms with Crippen molar-refractivity contribution < 1.29 is 9.59 Å². The van der Waals surface area contributed by atoms with Crippen LogP contribution < -0.4 is 0 Å². The zero-order valence-electron chi connectivity index (χ0n) is 19.2. The highest BCUT2D eigenvalue weighted by atomic mass is 16.1. The molecule has 170 valence electrons. The lowest BCUT2D eigenvalue weighted by Gasteiger charge is -2.12. The number of carbonyl (C=O) groups is 2. The molecule has 4 nitrogen and oxygen atoms in total. The van der Waals surface area contributed by atoms with Gasteiger partial charge in [0.2, 0.25) is 0 Å². The molecule has 0 saturated carbocycles.